The first-order chi connectivity index (χ1) is 5.77. The van der Waals surface area contributed by atoms with Gasteiger partial charge in [-0.2, -0.15) is 0 Å². The Morgan fingerprint density at radius 1 is 1.31 bits per heavy atom. The predicted octanol–water partition coefficient (Wildman–Crippen LogP) is 2.76. The van der Waals surface area contributed by atoms with E-state index in [9.17, 15) is 4.79 Å². The van der Waals surface area contributed by atoms with Gasteiger partial charge in [0.25, 0.3) is 0 Å². The van der Waals surface area contributed by atoms with Gasteiger partial charge in [-0.15, -0.1) is 0 Å². The van der Waals surface area contributed by atoms with Crippen molar-refractivity contribution in [3.63, 3.8) is 0 Å². The molecule has 1 aliphatic carbocycles. The summed E-state index contributed by atoms with van der Waals surface area (Å²) >= 11 is 0. The zero-order valence-electron chi connectivity index (χ0n) is 7.58. The zero-order valence-corrected chi connectivity index (χ0v) is 7.58. The van der Waals surface area contributed by atoms with Crippen molar-refractivity contribution >= 4 is 5.97 Å². The van der Waals surface area contributed by atoms with Gasteiger partial charge >= 0.3 is 5.97 Å². The Bertz CT molecular complexity index is 189. The van der Waals surface area contributed by atoms with Crippen molar-refractivity contribution in [2.24, 2.45) is 11.8 Å². The smallest absolute Gasteiger partial charge is 0.308 e. The summed E-state index contributed by atoms with van der Waals surface area (Å²) in [7, 11) is 0. The normalized spacial score (nSPS) is 38.5. The fourth-order valence-corrected chi connectivity index (χ4v) is 2.41. The lowest BCUT2D eigenvalue weighted by Crippen LogP contribution is -2.38. The molecule has 0 amide bonds. The number of ether oxygens (including phenoxy) is 1. The Morgan fingerprint density at radius 2 is 2.00 bits per heavy atom. The molecule has 3 atom stereocenters. The highest BCUT2D eigenvalue weighted by atomic mass is 16.5. The Kier molecular flexibility index (Phi) is 3.34. The van der Waals surface area contributed by atoms with Crippen molar-refractivity contribution in [3.05, 3.63) is 0 Å². The molecule has 1 saturated heterocycles. The van der Waals surface area contributed by atoms with Crippen LogP contribution >= 0.6 is 0 Å². The molecule has 0 bridgehead atoms. The molecule has 1 aliphatic heterocycles. The van der Waals surface area contributed by atoms with E-state index >= 15 is 0 Å². The minimum atomic E-state index is 0. The molecule has 1 heterocycles. The molecule has 1 unspecified atom stereocenters. The van der Waals surface area contributed by atoms with Gasteiger partial charge in [-0.05, 0) is 31.6 Å². The van der Waals surface area contributed by atoms with Crippen molar-refractivity contribution in [1.29, 1.82) is 0 Å². The molecule has 0 aromatic heterocycles. The number of carbonyl (C=O) groups is 1. The van der Waals surface area contributed by atoms with Crippen molar-refractivity contribution in [3.8, 4) is 0 Å². The molecule has 76 valence electrons. The summed E-state index contributed by atoms with van der Waals surface area (Å²) in [4.78, 5) is 11.2. The Hall–Kier alpha value is -0.530. The fraction of sp³-hybridized carbons (Fsp3) is 0.909. The first kappa shape index (κ1) is 10.6. The average molecular weight is 184 g/mol. The van der Waals surface area contributed by atoms with Gasteiger partial charge in [0, 0.05) is 0 Å². The summed E-state index contributed by atoms with van der Waals surface area (Å²) in [6.45, 7) is 1.98. The van der Waals surface area contributed by atoms with Crippen LogP contribution in [0.2, 0.25) is 0 Å². The number of fused-ring (bicyclic) bond motifs is 1. The third-order valence-corrected chi connectivity index (χ3v) is 3.17. The monoisotopic (exact) mass is 184 g/mol. The number of rotatable bonds is 0. The maximum Gasteiger partial charge on any atom is 0.308 e. The summed E-state index contributed by atoms with van der Waals surface area (Å²) in [5, 5.41) is 0. The highest BCUT2D eigenvalue weighted by Crippen LogP contribution is 2.35. The van der Waals surface area contributed by atoms with Crippen LogP contribution in [0, 0.1) is 11.8 Å². The van der Waals surface area contributed by atoms with Gasteiger partial charge in [-0.3, -0.25) is 4.79 Å². The van der Waals surface area contributed by atoms with E-state index < -0.39 is 0 Å². The van der Waals surface area contributed by atoms with Gasteiger partial charge in [0.2, 0.25) is 0 Å². The van der Waals surface area contributed by atoms with Crippen LogP contribution in [0.15, 0.2) is 0 Å². The van der Waals surface area contributed by atoms with Crippen LogP contribution in [0.3, 0.4) is 0 Å². The fourth-order valence-electron chi connectivity index (χ4n) is 2.41. The van der Waals surface area contributed by atoms with Crippen molar-refractivity contribution in [2.45, 2.75) is 52.6 Å². The molecule has 2 rings (SSSR count). The zero-order chi connectivity index (χ0) is 8.55. The molecule has 0 aromatic carbocycles. The molecule has 0 N–H and O–H groups in total. The van der Waals surface area contributed by atoms with Crippen LogP contribution in [0.25, 0.3) is 0 Å². The van der Waals surface area contributed by atoms with E-state index in [2.05, 4.69) is 0 Å². The Morgan fingerprint density at radius 3 is 2.77 bits per heavy atom. The first-order valence-electron chi connectivity index (χ1n) is 4.98. The molecular formula is C11H20O2. The van der Waals surface area contributed by atoms with Crippen LogP contribution in [-0.4, -0.2) is 12.1 Å². The quantitative estimate of drug-likeness (QED) is 0.541. The van der Waals surface area contributed by atoms with E-state index in [0.717, 1.165) is 12.8 Å². The third-order valence-electron chi connectivity index (χ3n) is 3.17. The highest BCUT2D eigenvalue weighted by molar-refractivity contribution is 5.73. The van der Waals surface area contributed by atoms with E-state index in [1.807, 2.05) is 6.92 Å². The van der Waals surface area contributed by atoms with E-state index in [0.29, 0.717) is 5.92 Å². The number of esters is 1. The second-order valence-corrected chi connectivity index (χ2v) is 4.16. The minimum absolute atomic E-state index is 0. The SMILES string of the molecule is C.CC1C[C@H]2CCCC[C@H]2OC1=O. The summed E-state index contributed by atoms with van der Waals surface area (Å²) in [5.41, 5.74) is 0. The molecular weight excluding hydrogens is 164 g/mol. The predicted molar refractivity (Wildman–Crippen MR) is 52.4 cm³/mol. The van der Waals surface area contributed by atoms with Gasteiger partial charge in [0.05, 0.1) is 5.92 Å². The van der Waals surface area contributed by atoms with Crippen molar-refractivity contribution in [2.75, 3.05) is 0 Å². The molecule has 1 saturated carbocycles. The van der Waals surface area contributed by atoms with Crippen LogP contribution < -0.4 is 0 Å². The molecule has 0 radical (unpaired) electrons. The van der Waals surface area contributed by atoms with Crippen molar-refractivity contribution in [1.82, 2.24) is 0 Å². The summed E-state index contributed by atoms with van der Waals surface area (Å²) in [5.74, 6) is 0.842. The Labute approximate surface area is 80.7 Å². The number of hydrogen-bond acceptors (Lipinski definition) is 2. The number of carbonyl (C=O) groups excluding carboxylic acids is 1. The van der Waals surface area contributed by atoms with Crippen LogP contribution in [0.1, 0.15) is 46.5 Å². The topological polar surface area (TPSA) is 26.3 Å². The summed E-state index contributed by atoms with van der Waals surface area (Å²) in [6.07, 6.45) is 6.26. The average Bonchev–Trinajstić information content (AvgIpc) is 2.07. The molecule has 2 heteroatoms. The van der Waals surface area contributed by atoms with Gasteiger partial charge in [0.15, 0.2) is 0 Å². The number of hydrogen-bond donors (Lipinski definition) is 0. The largest absolute Gasteiger partial charge is 0.462 e. The maximum atomic E-state index is 11.2. The standard InChI is InChI=1S/C10H16O2.CH4/c1-7-6-8-4-2-3-5-9(8)12-10(7)11;/h7-9H,2-6H2,1H3;1H4/t7?,8-,9-;/m1./s1. The van der Waals surface area contributed by atoms with Crippen LogP contribution in [0.4, 0.5) is 0 Å². The second-order valence-electron chi connectivity index (χ2n) is 4.16. The molecule has 2 aliphatic rings. The van der Waals surface area contributed by atoms with Gasteiger partial charge in [0.1, 0.15) is 6.10 Å². The maximum absolute atomic E-state index is 11.2. The van der Waals surface area contributed by atoms with Crippen molar-refractivity contribution < 1.29 is 9.53 Å². The summed E-state index contributed by atoms with van der Waals surface area (Å²) < 4.78 is 5.36. The van der Waals surface area contributed by atoms with Gasteiger partial charge < -0.3 is 4.74 Å². The lowest BCUT2D eigenvalue weighted by atomic mass is 9.79. The second kappa shape index (κ2) is 4.12. The molecule has 2 nitrogen and oxygen atoms in total. The third kappa shape index (κ3) is 2.04. The van der Waals surface area contributed by atoms with E-state index in [1.54, 1.807) is 0 Å². The van der Waals surface area contributed by atoms with E-state index in [4.69, 9.17) is 4.74 Å². The molecule has 13 heavy (non-hydrogen) atoms. The lowest BCUT2D eigenvalue weighted by Gasteiger charge is -2.37. The first-order valence-corrected chi connectivity index (χ1v) is 4.98. The lowest BCUT2D eigenvalue weighted by molar-refractivity contribution is -0.167. The highest BCUT2D eigenvalue weighted by Gasteiger charge is 2.36. The Balaban J connectivity index is 0.000000845. The van der Waals surface area contributed by atoms with Crippen LogP contribution in [0.5, 0.6) is 0 Å². The molecule has 0 spiro atoms. The molecule has 2 fully saturated rings. The van der Waals surface area contributed by atoms with Gasteiger partial charge in [-0.1, -0.05) is 20.8 Å². The minimum Gasteiger partial charge on any atom is -0.462 e. The molecule has 0 aromatic rings. The summed E-state index contributed by atoms with van der Waals surface area (Å²) in [6, 6.07) is 0. The van der Waals surface area contributed by atoms with Gasteiger partial charge in [-0.25, -0.2) is 0 Å². The van der Waals surface area contributed by atoms with E-state index in [1.165, 1.54) is 19.3 Å². The van der Waals surface area contributed by atoms with Crippen LogP contribution in [-0.2, 0) is 9.53 Å². The van der Waals surface area contributed by atoms with E-state index in [-0.39, 0.29) is 25.4 Å².